The lowest BCUT2D eigenvalue weighted by Gasteiger charge is -2.29. The zero-order valence-corrected chi connectivity index (χ0v) is 25.5. The second kappa shape index (κ2) is 13.2. The summed E-state index contributed by atoms with van der Waals surface area (Å²) in [6, 6.07) is 19.7. The highest BCUT2D eigenvalue weighted by Crippen LogP contribution is 2.44. The van der Waals surface area contributed by atoms with E-state index in [0.29, 0.717) is 53.5 Å². The van der Waals surface area contributed by atoms with Crippen LogP contribution in [-0.2, 0) is 29.0 Å². The number of hydrogen-bond donors (Lipinski definition) is 2. The van der Waals surface area contributed by atoms with Crippen molar-refractivity contribution >= 4 is 5.97 Å². The van der Waals surface area contributed by atoms with Gasteiger partial charge in [0.2, 0.25) is 0 Å². The summed E-state index contributed by atoms with van der Waals surface area (Å²) in [7, 11) is 0. The summed E-state index contributed by atoms with van der Waals surface area (Å²) in [6.07, 6.45) is 1.06. The number of nitrogens with zero attached hydrogens (tertiary/aromatic N) is 1. The Morgan fingerprint density at radius 2 is 1.73 bits per heavy atom. The summed E-state index contributed by atoms with van der Waals surface area (Å²) < 4.78 is 31.2. The van der Waals surface area contributed by atoms with Crippen molar-refractivity contribution in [1.29, 1.82) is 0 Å². The normalized spacial score (nSPS) is 13.6. The Bertz CT molecular complexity index is 1630. The number of aliphatic hydroxyl groups excluding tert-OH is 1. The molecule has 8 heteroatoms. The molecule has 5 rings (SSSR count). The average Bonchev–Trinajstić information content (AvgIpc) is 3.00. The van der Waals surface area contributed by atoms with Gasteiger partial charge in [-0.05, 0) is 105 Å². The predicted octanol–water partition coefficient (Wildman–Crippen LogP) is 7.24. The van der Waals surface area contributed by atoms with Gasteiger partial charge in [0.15, 0.2) is 6.10 Å². The third kappa shape index (κ3) is 7.09. The van der Waals surface area contributed by atoms with Crippen LogP contribution in [0.4, 0.5) is 4.39 Å². The molecule has 0 saturated heterocycles. The van der Waals surface area contributed by atoms with Gasteiger partial charge in [0.1, 0.15) is 17.3 Å². The molecule has 1 aliphatic rings. The van der Waals surface area contributed by atoms with Crippen molar-refractivity contribution < 1.29 is 33.6 Å². The standard InChI is InChI=1S/C36H38FNO6/c1-22-31(34(35(40)41)44-36(2,3)4)33(26-11-16-30-25(20-26)6-5-18-43-30)32(29(21-39)38-22)24-9-14-28(15-10-24)42-19-17-23-7-12-27(37)13-8-23/h7-16,20,34,39H,5-6,17-19,21H2,1-4H3,(H,40,41)/t34-/m0/s1. The Kier molecular flexibility index (Phi) is 9.32. The fourth-order valence-corrected chi connectivity index (χ4v) is 5.58. The first-order valence-electron chi connectivity index (χ1n) is 14.8. The number of rotatable bonds is 10. The summed E-state index contributed by atoms with van der Waals surface area (Å²) >= 11 is 0. The van der Waals surface area contributed by atoms with Gasteiger partial charge in [-0.15, -0.1) is 0 Å². The molecular weight excluding hydrogens is 561 g/mol. The Labute approximate surface area is 257 Å². The molecule has 230 valence electrons. The minimum Gasteiger partial charge on any atom is -0.493 e. The van der Waals surface area contributed by atoms with Gasteiger partial charge in [-0.3, -0.25) is 4.98 Å². The van der Waals surface area contributed by atoms with Crippen LogP contribution < -0.4 is 9.47 Å². The van der Waals surface area contributed by atoms with Crippen LogP contribution in [0.5, 0.6) is 11.5 Å². The summed E-state index contributed by atoms with van der Waals surface area (Å²) in [5, 5.41) is 20.9. The molecule has 0 amide bonds. The number of ether oxygens (including phenoxy) is 3. The molecule has 0 bridgehead atoms. The van der Waals surface area contributed by atoms with Crippen LogP contribution in [0.2, 0.25) is 0 Å². The van der Waals surface area contributed by atoms with Gasteiger partial charge in [-0.25, -0.2) is 9.18 Å². The van der Waals surface area contributed by atoms with Crippen molar-refractivity contribution in [2.24, 2.45) is 0 Å². The van der Waals surface area contributed by atoms with Crippen molar-refractivity contribution in [2.75, 3.05) is 13.2 Å². The van der Waals surface area contributed by atoms with Crippen molar-refractivity contribution in [3.05, 3.63) is 101 Å². The first-order valence-corrected chi connectivity index (χ1v) is 14.8. The molecule has 0 aliphatic carbocycles. The minimum atomic E-state index is -1.30. The molecule has 3 aromatic carbocycles. The Morgan fingerprint density at radius 3 is 2.39 bits per heavy atom. The van der Waals surface area contributed by atoms with E-state index in [1.165, 1.54) is 12.1 Å². The maximum Gasteiger partial charge on any atom is 0.337 e. The van der Waals surface area contributed by atoms with Crippen LogP contribution in [0.25, 0.3) is 22.3 Å². The van der Waals surface area contributed by atoms with E-state index < -0.39 is 17.7 Å². The number of pyridine rings is 1. The van der Waals surface area contributed by atoms with Gasteiger partial charge >= 0.3 is 5.97 Å². The topological polar surface area (TPSA) is 98.1 Å². The predicted molar refractivity (Wildman–Crippen MR) is 166 cm³/mol. The number of fused-ring (bicyclic) bond motifs is 1. The van der Waals surface area contributed by atoms with E-state index in [2.05, 4.69) is 0 Å². The molecule has 1 atom stereocenters. The molecule has 7 nitrogen and oxygen atoms in total. The van der Waals surface area contributed by atoms with Crippen molar-refractivity contribution in [3.63, 3.8) is 0 Å². The first kappa shape index (κ1) is 31.2. The van der Waals surface area contributed by atoms with E-state index in [9.17, 15) is 19.4 Å². The van der Waals surface area contributed by atoms with E-state index in [-0.39, 0.29) is 12.4 Å². The molecule has 4 aromatic rings. The first-order chi connectivity index (χ1) is 21.0. The van der Waals surface area contributed by atoms with Crippen LogP contribution >= 0.6 is 0 Å². The summed E-state index contributed by atoms with van der Waals surface area (Å²) in [6.45, 7) is 7.94. The summed E-state index contributed by atoms with van der Waals surface area (Å²) in [5.41, 5.74) is 5.43. The summed E-state index contributed by atoms with van der Waals surface area (Å²) in [5.74, 6) is 0.0664. The lowest BCUT2D eigenvalue weighted by molar-refractivity contribution is -0.160. The molecular formula is C36H38FNO6. The largest absolute Gasteiger partial charge is 0.493 e. The van der Waals surface area contributed by atoms with Gasteiger partial charge < -0.3 is 24.4 Å². The zero-order chi connectivity index (χ0) is 31.4. The number of halogens is 1. The molecule has 2 N–H and O–H groups in total. The third-order valence-corrected chi connectivity index (χ3v) is 7.52. The van der Waals surface area contributed by atoms with Crippen molar-refractivity contribution in [2.45, 2.75) is 65.3 Å². The summed E-state index contributed by atoms with van der Waals surface area (Å²) in [4.78, 5) is 17.5. The van der Waals surface area contributed by atoms with Crippen LogP contribution in [0, 0.1) is 12.7 Å². The highest BCUT2D eigenvalue weighted by atomic mass is 19.1. The zero-order valence-electron chi connectivity index (χ0n) is 25.5. The molecule has 44 heavy (non-hydrogen) atoms. The van der Waals surface area contributed by atoms with Gasteiger partial charge in [0, 0.05) is 23.2 Å². The Balaban J connectivity index is 1.60. The second-order valence-corrected chi connectivity index (χ2v) is 11.9. The second-order valence-electron chi connectivity index (χ2n) is 11.9. The fraction of sp³-hybridized carbons (Fsp3) is 0.333. The SMILES string of the molecule is Cc1nc(CO)c(-c2ccc(OCCc3ccc(F)cc3)cc2)c(-c2ccc3c(c2)CCCO3)c1[C@H](OC(C)(C)C)C(=O)O. The van der Waals surface area contributed by atoms with Gasteiger partial charge in [0.25, 0.3) is 0 Å². The number of benzene rings is 3. The van der Waals surface area contributed by atoms with Crippen molar-refractivity contribution in [1.82, 2.24) is 4.98 Å². The van der Waals surface area contributed by atoms with E-state index in [0.717, 1.165) is 40.8 Å². The molecule has 1 aromatic heterocycles. The number of aliphatic hydroxyl groups is 1. The lowest BCUT2D eigenvalue weighted by Crippen LogP contribution is -2.28. The number of hydrogen-bond acceptors (Lipinski definition) is 6. The molecule has 0 spiro atoms. The van der Waals surface area contributed by atoms with E-state index in [4.69, 9.17) is 19.2 Å². The number of carbonyl (C=O) groups is 1. The van der Waals surface area contributed by atoms with Gasteiger partial charge in [0.05, 0.1) is 31.1 Å². The van der Waals surface area contributed by atoms with Gasteiger partial charge in [-0.2, -0.15) is 0 Å². The quantitative estimate of drug-likeness (QED) is 0.198. The lowest BCUT2D eigenvalue weighted by atomic mass is 9.85. The highest BCUT2D eigenvalue weighted by molar-refractivity contribution is 5.91. The number of aromatic nitrogens is 1. The molecule has 0 radical (unpaired) electrons. The smallest absolute Gasteiger partial charge is 0.337 e. The third-order valence-electron chi connectivity index (χ3n) is 7.52. The van der Waals surface area contributed by atoms with E-state index >= 15 is 0 Å². The van der Waals surface area contributed by atoms with Crippen LogP contribution in [0.3, 0.4) is 0 Å². The van der Waals surface area contributed by atoms with Crippen molar-refractivity contribution in [3.8, 4) is 33.8 Å². The number of aliphatic carboxylic acids is 1. The minimum absolute atomic E-state index is 0.274. The Morgan fingerprint density at radius 1 is 1.02 bits per heavy atom. The molecule has 0 unspecified atom stereocenters. The molecule has 2 heterocycles. The molecule has 1 aliphatic heterocycles. The number of aryl methyl sites for hydroxylation is 2. The van der Waals surface area contributed by atoms with Gasteiger partial charge in [-0.1, -0.05) is 30.3 Å². The molecule has 0 saturated carbocycles. The fourth-order valence-electron chi connectivity index (χ4n) is 5.58. The molecule has 0 fully saturated rings. The maximum atomic E-state index is 13.2. The number of carboxylic acid groups (broad SMARTS) is 1. The van der Waals surface area contributed by atoms with E-state index in [1.54, 1.807) is 19.1 Å². The monoisotopic (exact) mass is 599 g/mol. The van der Waals surface area contributed by atoms with E-state index in [1.807, 2.05) is 63.2 Å². The highest BCUT2D eigenvalue weighted by Gasteiger charge is 2.34. The Hall–Kier alpha value is -4.27. The van der Waals surface area contributed by atoms with Crippen LogP contribution in [0.15, 0.2) is 66.7 Å². The average molecular weight is 600 g/mol. The maximum absolute atomic E-state index is 13.2. The number of carboxylic acids is 1. The van der Waals surface area contributed by atoms with Crippen LogP contribution in [0.1, 0.15) is 61.4 Å². The van der Waals surface area contributed by atoms with Crippen LogP contribution in [-0.4, -0.2) is 40.0 Å².